The van der Waals surface area contributed by atoms with E-state index in [0.717, 1.165) is 0 Å². The maximum absolute atomic E-state index is 8.60. The Hall–Kier alpha value is -0.0951. The highest BCUT2D eigenvalue weighted by Crippen LogP contribution is 1.95. The standard InChI is InChI=1S/C4H10BNO3/c7-5(8)6-1-3-9-4-2-6/h7-8H,1-4H2. The van der Waals surface area contributed by atoms with Crippen molar-refractivity contribution in [1.82, 2.24) is 4.81 Å². The zero-order valence-corrected chi connectivity index (χ0v) is 5.16. The fourth-order valence-corrected chi connectivity index (χ4v) is 0.808. The second-order valence-electron chi connectivity index (χ2n) is 1.99. The van der Waals surface area contributed by atoms with Crippen LogP contribution in [-0.4, -0.2) is 48.4 Å². The molecule has 1 fully saturated rings. The molecule has 1 saturated heterocycles. The van der Waals surface area contributed by atoms with Gasteiger partial charge in [-0.05, 0) is 0 Å². The highest BCUT2D eigenvalue weighted by atomic mass is 16.5. The molecule has 0 bridgehead atoms. The summed E-state index contributed by atoms with van der Waals surface area (Å²) in [6.45, 7) is 2.41. The van der Waals surface area contributed by atoms with Crippen LogP contribution in [0.4, 0.5) is 0 Å². The summed E-state index contributed by atoms with van der Waals surface area (Å²) < 4.78 is 4.99. The summed E-state index contributed by atoms with van der Waals surface area (Å²) in [6.07, 6.45) is 0. The molecule has 2 N–H and O–H groups in total. The number of hydrogen-bond acceptors (Lipinski definition) is 4. The van der Waals surface area contributed by atoms with Crippen molar-refractivity contribution in [3.05, 3.63) is 0 Å². The van der Waals surface area contributed by atoms with Crippen LogP contribution >= 0.6 is 0 Å². The number of rotatable bonds is 1. The fraction of sp³-hybridized carbons (Fsp3) is 1.00. The van der Waals surface area contributed by atoms with Crippen molar-refractivity contribution in [2.24, 2.45) is 0 Å². The van der Waals surface area contributed by atoms with Crippen molar-refractivity contribution in [2.45, 2.75) is 0 Å². The Morgan fingerprint density at radius 1 is 1.22 bits per heavy atom. The van der Waals surface area contributed by atoms with Crippen molar-refractivity contribution in [3.8, 4) is 0 Å². The quantitative estimate of drug-likeness (QED) is 0.416. The summed E-state index contributed by atoms with van der Waals surface area (Å²) in [5.74, 6) is 0. The van der Waals surface area contributed by atoms with E-state index in [2.05, 4.69) is 0 Å². The van der Waals surface area contributed by atoms with Gasteiger partial charge in [0.15, 0.2) is 0 Å². The molecule has 4 nitrogen and oxygen atoms in total. The summed E-state index contributed by atoms with van der Waals surface area (Å²) in [5, 5.41) is 17.2. The van der Waals surface area contributed by atoms with Crippen molar-refractivity contribution < 1.29 is 14.8 Å². The average molecular weight is 131 g/mol. The zero-order chi connectivity index (χ0) is 6.69. The van der Waals surface area contributed by atoms with Crippen LogP contribution in [0.15, 0.2) is 0 Å². The molecule has 1 rings (SSSR count). The third-order valence-electron chi connectivity index (χ3n) is 1.37. The van der Waals surface area contributed by atoms with Gasteiger partial charge in [-0.15, -0.1) is 0 Å². The predicted octanol–water partition coefficient (Wildman–Crippen LogP) is -1.71. The van der Waals surface area contributed by atoms with Crippen LogP contribution < -0.4 is 0 Å². The van der Waals surface area contributed by atoms with Crippen molar-refractivity contribution in [2.75, 3.05) is 26.3 Å². The molecule has 1 aliphatic rings. The number of hydrogen-bond donors (Lipinski definition) is 2. The van der Waals surface area contributed by atoms with Gasteiger partial charge in [-0.2, -0.15) is 0 Å². The molecule has 5 heteroatoms. The van der Waals surface area contributed by atoms with Crippen LogP contribution in [0.2, 0.25) is 0 Å². The molecule has 0 saturated carbocycles. The number of ether oxygens (including phenoxy) is 1. The van der Waals surface area contributed by atoms with E-state index in [0.29, 0.717) is 26.3 Å². The zero-order valence-electron chi connectivity index (χ0n) is 5.16. The Morgan fingerprint density at radius 3 is 2.11 bits per heavy atom. The largest absolute Gasteiger partial charge is 0.552 e. The summed E-state index contributed by atoms with van der Waals surface area (Å²) in [5.41, 5.74) is 0. The van der Waals surface area contributed by atoms with E-state index in [1.54, 1.807) is 4.81 Å². The fourth-order valence-electron chi connectivity index (χ4n) is 0.808. The molecule has 0 amide bonds. The maximum atomic E-state index is 8.60. The Bertz CT molecular complexity index is 83.9. The van der Waals surface area contributed by atoms with Gasteiger partial charge in [0.1, 0.15) is 0 Å². The van der Waals surface area contributed by atoms with E-state index in [1.165, 1.54) is 0 Å². The SMILES string of the molecule is OB(O)N1CCOCC1. The van der Waals surface area contributed by atoms with Crippen LogP contribution in [0.25, 0.3) is 0 Å². The molecule has 0 atom stereocenters. The first-order valence-electron chi connectivity index (χ1n) is 2.98. The lowest BCUT2D eigenvalue weighted by Crippen LogP contribution is -2.46. The Kier molecular flexibility index (Phi) is 2.47. The van der Waals surface area contributed by atoms with E-state index in [1.807, 2.05) is 0 Å². The summed E-state index contributed by atoms with van der Waals surface area (Å²) in [7, 11) is -1.31. The van der Waals surface area contributed by atoms with E-state index in [4.69, 9.17) is 14.8 Å². The van der Waals surface area contributed by atoms with Crippen molar-refractivity contribution >= 4 is 7.25 Å². The van der Waals surface area contributed by atoms with Gasteiger partial charge in [-0.3, -0.25) is 4.81 Å². The minimum Gasteiger partial charge on any atom is -0.413 e. The molecular formula is C4H10BNO3. The van der Waals surface area contributed by atoms with Crippen molar-refractivity contribution in [3.63, 3.8) is 0 Å². The topological polar surface area (TPSA) is 52.9 Å². The Morgan fingerprint density at radius 2 is 1.78 bits per heavy atom. The molecule has 9 heavy (non-hydrogen) atoms. The molecule has 0 radical (unpaired) electrons. The Labute approximate surface area is 54.2 Å². The van der Waals surface area contributed by atoms with Gasteiger partial charge >= 0.3 is 7.25 Å². The van der Waals surface area contributed by atoms with Gasteiger partial charge in [0.25, 0.3) is 0 Å². The highest BCUT2D eigenvalue weighted by Gasteiger charge is 2.21. The third-order valence-corrected chi connectivity index (χ3v) is 1.37. The van der Waals surface area contributed by atoms with Crippen LogP contribution in [0, 0.1) is 0 Å². The summed E-state index contributed by atoms with van der Waals surface area (Å²) in [4.78, 5) is 1.55. The number of morpholine rings is 1. The molecule has 0 spiro atoms. The lowest BCUT2D eigenvalue weighted by atomic mass is 10.1. The van der Waals surface area contributed by atoms with Gasteiger partial charge in [-0.1, -0.05) is 0 Å². The maximum Gasteiger partial charge on any atom is 0.552 e. The predicted molar refractivity (Wildman–Crippen MR) is 32.6 cm³/mol. The molecular weight excluding hydrogens is 121 g/mol. The molecule has 52 valence electrons. The first kappa shape index (κ1) is 7.02. The molecule has 0 aliphatic carbocycles. The monoisotopic (exact) mass is 131 g/mol. The minimum atomic E-state index is -1.31. The van der Waals surface area contributed by atoms with E-state index >= 15 is 0 Å². The molecule has 1 aliphatic heterocycles. The first-order chi connectivity index (χ1) is 4.30. The van der Waals surface area contributed by atoms with Gasteiger partial charge < -0.3 is 14.8 Å². The van der Waals surface area contributed by atoms with Crippen molar-refractivity contribution in [1.29, 1.82) is 0 Å². The summed E-state index contributed by atoms with van der Waals surface area (Å²) >= 11 is 0. The lowest BCUT2D eigenvalue weighted by Gasteiger charge is -2.25. The van der Waals surface area contributed by atoms with E-state index in [-0.39, 0.29) is 0 Å². The van der Waals surface area contributed by atoms with Crippen LogP contribution in [0.5, 0.6) is 0 Å². The Balaban J connectivity index is 2.23. The smallest absolute Gasteiger partial charge is 0.413 e. The van der Waals surface area contributed by atoms with E-state index < -0.39 is 7.25 Å². The first-order valence-corrected chi connectivity index (χ1v) is 2.98. The van der Waals surface area contributed by atoms with Gasteiger partial charge in [0.05, 0.1) is 13.2 Å². The van der Waals surface area contributed by atoms with Crippen LogP contribution in [0.1, 0.15) is 0 Å². The molecule has 0 aromatic carbocycles. The highest BCUT2D eigenvalue weighted by molar-refractivity contribution is 6.37. The molecule has 0 aromatic rings. The lowest BCUT2D eigenvalue weighted by molar-refractivity contribution is 0.0567. The molecule has 0 unspecified atom stereocenters. The van der Waals surface area contributed by atoms with Gasteiger partial charge in [0.2, 0.25) is 0 Å². The van der Waals surface area contributed by atoms with E-state index in [9.17, 15) is 0 Å². The number of nitrogens with zero attached hydrogens (tertiary/aromatic N) is 1. The molecule has 0 aromatic heterocycles. The second kappa shape index (κ2) is 3.17. The van der Waals surface area contributed by atoms with Gasteiger partial charge in [-0.25, -0.2) is 0 Å². The average Bonchev–Trinajstić information content (AvgIpc) is 1.90. The third kappa shape index (κ3) is 1.94. The van der Waals surface area contributed by atoms with Gasteiger partial charge in [0, 0.05) is 13.1 Å². The van der Waals surface area contributed by atoms with Crippen LogP contribution in [-0.2, 0) is 4.74 Å². The minimum absolute atomic E-state index is 0.595. The second-order valence-corrected chi connectivity index (χ2v) is 1.99. The normalized spacial score (nSPS) is 22.0. The summed E-state index contributed by atoms with van der Waals surface area (Å²) in [6, 6.07) is 0. The van der Waals surface area contributed by atoms with Crippen LogP contribution in [0.3, 0.4) is 0 Å². The molecule has 1 heterocycles.